The first kappa shape index (κ1) is 11.5. The first-order valence-electron chi connectivity index (χ1n) is 7.16. The molecule has 0 nitrogen and oxygen atoms in total. The predicted molar refractivity (Wildman–Crippen MR) is 66.8 cm³/mol. The summed E-state index contributed by atoms with van der Waals surface area (Å²) in [6, 6.07) is 0. The van der Waals surface area contributed by atoms with E-state index in [0.717, 1.165) is 29.6 Å². The molecule has 0 heterocycles. The fourth-order valence-corrected chi connectivity index (χ4v) is 4.10. The first-order valence-corrected chi connectivity index (χ1v) is 7.16. The molecule has 0 aromatic carbocycles. The second kappa shape index (κ2) is 4.89. The van der Waals surface area contributed by atoms with Gasteiger partial charge in [-0.2, -0.15) is 0 Å². The zero-order valence-corrected chi connectivity index (χ0v) is 10.8. The van der Waals surface area contributed by atoms with E-state index < -0.39 is 0 Å². The molecule has 0 aromatic heterocycles. The average Bonchev–Trinajstić information content (AvgIpc) is 2.20. The van der Waals surface area contributed by atoms with Crippen molar-refractivity contribution in [1.29, 1.82) is 0 Å². The maximum absolute atomic E-state index is 2.51. The molecule has 88 valence electrons. The molecule has 2 aliphatic rings. The van der Waals surface area contributed by atoms with Crippen molar-refractivity contribution in [1.82, 2.24) is 0 Å². The van der Waals surface area contributed by atoms with Crippen molar-refractivity contribution in [2.75, 3.05) is 0 Å². The maximum atomic E-state index is 2.51. The molecule has 2 fully saturated rings. The van der Waals surface area contributed by atoms with Crippen molar-refractivity contribution in [2.24, 2.45) is 29.6 Å². The van der Waals surface area contributed by atoms with Crippen LogP contribution in [0.4, 0.5) is 0 Å². The van der Waals surface area contributed by atoms with E-state index in [9.17, 15) is 0 Å². The molecular weight excluding hydrogens is 180 g/mol. The van der Waals surface area contributed by atoms with E-state index >= 15 is 0 Å². The SMILES string of the molecule is CC1CCC(C2CC[C@@H](C)CC2C)CC1. The third-order valence-corrected chi connectivity index (χ3v) is 5.16. The molecule has 0 N–H and O–H groups in total. The Balaban J connectivity index is 1.87. The monoisotopic (exact) mass is 208 g/mol. The molecular formula is C15H28. The highest BCUT2D eigenvalue weighted by Crippen LogP contribution is 2.43. The van der Waals surface area contributed by atoms with Crippen molar-refractivity contribution < 1.29 is 0 Å². The van der Waals surface area contributed by atoms with Gasteiger partial charge in [-0.05, 0) is 55.3 Å². The van der Waals surface area contributed by atoms with Crippen LogP contribution in [0, 0.1) is 29.6 Å². The molecule has 0 heteroatoms. The third kappa shape index (κ3) is 2.77. The van der Waals surface area contributed by atoms with Crippen molar-refractivity contribution in [2.45, 2.75) is 65.7 Å². The lowest BCUT2D eigenvalue weighted by Gasteiger charge is -2.40. The Hall–Kier alpha value is 0. The molecule has 0 aromatic rings. The highest BCUT2D eigenvalue weighted by molar-refractivity contribution is 4.83. The Bertz CT molecular complexity index is 188. The largest absolute Gasteiger partial charge is 0.0625 e. The molecule has 2 aliphatic carbocycles. The molecule has 0 aliphatic heterocycles. The molecule has 2 rings (SSSR count). The molecule has 0 saturated heterocycles. The lowest BCUT2D eigenvalue weighted by molar-refractivity contribution is 0.104. The zero-order chi connectivity index (χ0) is 10.8. The third-order valence-electron chi connectivity index (χ3n) is 5.16. The Morgan fingerprint density at radius 1 is 0.667 bits per heavy atom. The molecule has 2 saturated carbocycles. The van der Waals surface area contributed by atoms with Crippen LogP contribution in [0.1, 0.15) is 65.7 Å². The molecule has 15 heavy (non-hydrogen) atoms. The van der Waals surface area contributed by atoms with Crippen LogP contribution < -0.4 is 0 Å². The Morgan fingerprint density at radius 3 is 1.87 bits per heavy atom. The zero-order valence-electron chi connectivity index (χ0n) is 10.8. The molecule has 3 atom stereocenters. The topological polar surface area (TPSA) is 0 Å². The second-order valence-corrected chi connectivity index (χ2v) is 6.58. The Kier molecular flexibility index (Phi) is 3.74. The average molecular weight is 208 g/mol. The normalized spacial score (nSPS) is 47.8. The molecule has 2 unspecified atom stereocenters. The van der Waals surface area contributed by atoms with Gasteiger partial charge in [0.25, 0.3) is 0 Å². The highest BCUT2D eigenvalue weighted by atomic mass is 14.4. The fraction of sp³-hybridized carbons (Fsp3) is 1.00. The van der Waals surface area contributed by atoms with Crippen LogP contribution in [0.15, 0.2) is 0 Å². The number of rotatable bonds is 1. The fourth-order valence-electron chi connectivity index (χ4n) is 4.10. The van der Waals surface area contributed by atoms with Gasteiger partial charge in [0.2, 0.25) is 0 Å². The Morgan fingerprint density at radius 2 is 1.27 bits per heavy atom. The van der Waals surface area contributed by atoms with Gasteiger partial charge in [0.1, 0.15) is 0 Å². The highest BCUT2D eigenvalue weighted by Gasteiger charge is 2.33. The van der Waals surface area contributed by atoms with Crippen LogP contribution in [0.2, 0.25) is 0 Å². The van der Waals surface area contributed by atoms with Crippen molar-refractivity contribution in [3.05, 3.63) is 0 Å². The molecule has 0 spiro atoms. The lowest BCUT2D eigenvalue weighted by atomic mass is 9.65. The molecule has 0 bridgehead atoms. The minimum Gasteiger partial charge on any atom is -0.0625 e. The number of hydrogen-bond donors (Lipinski definition) is 0. The summed E-state index contributed by atoms with van der Waals surface area (Å²) in [6.07, 6.45) is 10.6. The lowest BCUT2D eigenvalue weighted by Crippen LogP contribution is -2.30. The standard InChI is InChI=1S/C15H28/c1-11-4-7-14(8-5-11)15-9-6-12(2)10-13(15)3/h11-15H,4-10H2,1-3H3/t11?,12-,13?,14?,15?/m1/s1. The summed E-state index contributed by atoms with van der Waals surface area (Å²) in [6.45, 7) is 7.39. The Labute approximate surface area is 95.8 Å². The van der Waals surface area contributed by atoms with Gasteiger partial charge < -0.3 is 0 Å². The summed E-state index contributed by atoms with van der Waals surface area (Å²) in [5.74, 6) is 5.18. The number of hydrogen-bond acceptors (Lipinski definition) is 0. The van der Waals surface area contributed by atoms with Crippen LogP contribution in [0.3, 0.4) is 0 Å². The van der Waals surface area contributed by atoms with Gasteiger partial charge in [-0.3, -0.25) is 0 Å². The van der Waals surface area contributed by atoms with Gasteiger partial charge in [-0.1, -0.05) is 40.0 Å². The van der Waals surface area contributed by atoms with Crippen molar-refractivity contribution >= 4 is 0 Å². The summed E-state index contributed by atoms with van der Waals surface area (Å²) < 4.78 is 0. The van der Waals surface area contributed by atoms with Crippen LogP contribution in [0.25, 0.3) is 0 Å². The van der Waals surface area contributed by atoms with Gasteiger partial charge in [0.05, 0.1) is 0 Å². The minimum atomic E-state index is 0.999. The summed E-state index contributed by atoms with van der Waals surface area (Å²) in [5.41, 5.74) is 0. The maximum Gasteiger partial charge on any atom is -0.0360 e. The summed E-state index contributed by atoms with van der Waals surface area (Å²) in [5, 5.41) is 0. The van der Waals surface area contributed by atoms with Crippen molar-refractivity contribution in [3.8, 4) is 0 Å². The van der Waals surface area contributed by atoms with Gasteiger partial charge in [-0.25, -0.2) is 0 Å². The van der Waals surface area contributed by atoms with Gasteiger partial charge in [-0.15, -0.1) is 0 Å². The van der Waals surface area contributed by atoms with E-state index in [0.29, 0.717) is 0 Å². The van der Waals surface area contributed by atoms with E-state index in [2.05, 4.69) is 20.8 Å². The van der Waals surface area contributed by atoms with Crippen molar-refractivity contribution in [3.63, 3.8) is 0 Å². The van der Waals surface area contributed by atoms with E-state index in [-0.39, 0.29) is 0 Å². The van der Waals surface area contributed by atoms with Crippen LogP contribution in [-0.2, 0) is 0 Å². The van der Waals surface area contributed by atoms with E-state index in [4.69, 9.17) is 0 Å². The van der Waals surface area contributed by atoms with Crippen LogP contribution in [0.5, 0.6) is 0 Å². The first-order chi connectivity index (χ1) is 7.16. The predicted octanol–water partition coefficient (Wildman–Crippen LogP) is 4.89. The summed E-state index contributed by atoms with van der Waals surface area (Å²) in [4.78, 5) is 0. The van der Waals surface area contributed by atoms with Gasteiger partial charge in [0.15, 0.2) is 0 Å². The van der Waals surface area contributed by atoms with Crippen LogP contribution >= 0.6 is 0 Å². The molecule has 0 radical (unpaired) electrons. The van der Waals surface area contributed by atoms with Gasteiger partial charge in [0, 0.05) is 0 Å². The summed E-state index contributed by atoms with van der Waals surface area (Å²) in [7, 11) is 0. The quantitative estimate of drug-likeness (QED) is 0.576. The van der Waals surface area contributed by atoms with E-state index in [1.165, 1.54) is 44.9 Å². The smallest absolute Gasteiger partial charge is 0.0360 e. The summed E-state index contributed by atoms with van der Waals surface area (Å²) >= 11 is 0. The van der Waals surface area contributed by atoms with E-state index in [1.807, 2.05) is 0 Å². The second-order valence-electron chi connectivity index (χ2n) is 6.58. The van der Waals surface area contributed by atoms with Gasteiger partial charge >= 0.3 is 0 Å². The van der Waals surface area contributed by atoms with Crippen LogP contribution in [-0.4, -0.2) is 0 Å². The van der Waals surface area contributed by atoms with E-state index in [1.54, 1.807) is 0 Å². The molecule has 0 amide bonds. The minimum absolute atomic E-state index is 0.999.